The average molecular weight is 367 g/mol. The maximum Gasteiger partial charge on any atom is 0.409 e. The lowest BCUT2D eigenvalue weighted by molar-refractivity contribution is 0.113. The van der Waals surface area contributed by atoms with Crippen molar-refractivity contribution in [3.8, 4) is 5.75 Å². The summed E-state index contributed by atoms with van der Waals surface area (Å²) < 4.78 is 11.3. The standard InChI is InChI=1S/C23H29NO3/c1-4-9-18(15-24(3)23(25)26-5-2)20-12-8-13-22-21(20)14-17-10-6-7-11-19(17)16-27-22/h6-8,10-13,18H,4-5,9,14-16H2,1-3H3. The van der Waals surface area contributed by atoms with Gasteiger partial charge in [-0.2, -0.15) is 0 Å². The number of likely N-dealkylation sites (N-methyl/N-ethyl adjacent to an activating group) is 1. The number of fused-ring (bicyclic) bond motifs is 2. The maximum atomic E-state index is 12.1. The minimum Gasteiger partial charge on any atom is -0.489 e. The van der Waals surface area contributed by atoms with E-state index in [4.69, 9.17) is 9.47 Å². The zero-order chi connectivity index (χ0) is 19.2. The van der Waals surface area contributed by atoms with Gasteiger partial charge in [-0.3, -0.25) is 0 Å². The number of hydrogen-bond donors (Lipinski definition) is 0. The Morgan fingerprint density at radius 3 is 2.67 bits per heavy atom. The molecule has 0 saturated carbocycles. The van der Waals surface area contributed by atoms with Crippen LogP contribution in [0.4, 0.5) is 4.79 Å². The van der Waals surface area contributed by atoms with E-state index in [9.17, 15) is 4.79 Å². The van der Waals surface area contributed by atoms with Crippen LogP contribution in [0.25, 0.3) is 0 Å². The van der Waals surface area contributed by atoms with Gasteiger partial charge in [-0.1, -0.05) is 49.7 Å². The fourth-order valence-corrected chi connectivity index (χ4v) is 3.84. The lowest BCUT2D eigenvalue weighted by atomic mass is 9.87. The quantitative estimate of drug-likeness (QED) is 0.709. The lowest BCUT2D eigenvalue weighted by Crippen LogP contribution is -2.32. The van der Waals surface area contributed by atoms with Gasteiger partial charge in [0.1, 0.15) is 12.4 Å². The van der Waals surface area contributed by atoms with Gasteiger partial charge >= 0.3 is 6.09 Å². The minimum absolute atomic E-state index is 0.258. The number of rotatable bonds is 6. The molecule has 0 N–H and O–H groups in total. The zero-order valence-electron chi connectivity index (χ0n) is 16.5. The molecule has 0 bridgehead atoms. The van der Waals surface area contributed by atoms with Crippen molar-refractivity contribution >= 4 is 6.09 Å². The molecule has 0 aromatic heterocycles. The summed E-state index contributed by atoms with van der Waals surface area (Å²) in [5.74, 6) is 1.22. The molecule has 2 aromatic carbocycles. The summed E-state index contributed by atoms with van der Waals surface area (Å²) in [6, 6.07) is 14.8. The fraction of sp³-hybridized carbons (Fsp3) is 0.435. The van der Waals surface area contributed by atoms with Crippen molar-refractivity contribution in [1.82, 2.24) is 4.90 Å². The van der Waals surface area contributed by atoms with Crippen molar-refractivity contribution in [2.75, 3.05) is 20.2 Å². The first kappa shape index (κ1) is 19.3. The summed E-state index contributed by atoms with van der Waals surface area (Å²) in [6.45, 7) is 5.66. The van der Waals surface area contributed by atoms with E-state index in [2.05, 4.69) is 49.4 Å². The van der Waals surface area contributed by atoms with Gasteiger partial charge in [-0.15, -0.1) is 0 Å². The Kier molecular flexibility index (Phi) is 6.38. The molecule has 1 unspecified atom stereocenters. The molecule has 2 aromatic rings. The lowest BCUT2D eigenvalue weighted by Gasteiger charge is -2.26. The topological polar surface area (TPSA) is 38.8 Å². The second-order valence-corrected chi connectivity index (χ2v) is 7.12. The number of carbonyl (C=O) groups is 1. The molecular formula is C23H29NO3. The highest BCUT2D eigenvalue weighted by molar-refractivity contribution is 5.67. The van der Waals surface area contributed by atoms with Crippen LogP contribution >= 0.6 is 0 Å². The second-order valence-electron chi connectivity index (χ2n) is 7.12. The smallest absolute Gasteiger partial charge is 0.409 e. The number of ether oxygens (including phenoxy) is 2. The molecule has 4 heteroatoms. The predicted octanol–water partition coefficient (Wildman–Crippen LogP) is 5.14. The van der Waals surface area contributed by atoms with Crippen LogP contribution in [-0.2, 0) is 17.8 Å². The van der Waals surface area contributed by atoms with Crippen LogP contribution in [0.15, 0.2) is 42.5 Å². The maximum absolute atomic E-state index is 12.1. The average Bonchev–Trinajstić information content (AvgIpc) is 2.87. The van der Waals surface area contributed by atoms with Gasteiger partial charge in [0, 0.05) is 31.5 Å². The highest BCUT2D eigenvalue weighted by Crippen LogP contribution is 2.36. The first-order valence-electron chi connectivity index (χ1n) is 9.83. The highest BCUT2D eigenvalue weighted by atomic mass is 16.6. The molecule has 0 saturated heterocycles. The van der Waals surface area contributed by atoms with Crippen LogP contribution in [0.3, 0.4) is 0 Å². The van der Waals surface area contributed by atoms with E-state index in [-0.39, 0.29) is 12.0 Å². The van der Waals surface area contributed by atoms with Gasteiger partial charge < -0.3 is 14.4 Å². The summed E-state index contributed by atoms with van der Waals surface area (Å²) in [5.41, 5.74) is 5.09. The van der Waals surface area contributed by atoms with Crippen molar-refractivity contribution in [1.29, 1.82) is 0 Å². The third-order valence-corrected chi connectivity index (χ3v) is 5.19. The molecule has 144 valence electrons. The van der Waals surface area contributed by atoms with Crippen LogP contribution in [0, 0.1) is 0 Å². The largest absolute Gasteiger partial charge is 0.489 e. The second kappa shape index (κ2) is 8.94. The van der Waals surface area contributed by atoms with Crippen LogP contribution in [0.5, 0.6) is 5.75 Å². The van der Waals surface area contributed by atoms with Crippen LogP contribution in [-0.4, -0.2) is 31.2 Å². The molecular weight excluding hydrogens is 338 g/mol. The van der Waals surface area contributed by atoms with Crippen LogP contribution in [0.2, 0.25) is 0 Å². The first-order valence-corrected chi connectivity index (χ1v) is 9.83. The summed E-state index contributed by atoms with van der Waals surface area (Å²) in [7, 11) is 1.81. The van der Waals surface area contributed by atoms with E-state index in [0.717, 1.165) is 25.0 Å². The van der Waals surface area contributed by atoms with E-state index in [0.29, 0.717) is 19.8 Å². The molecule has 1 atom stereocenters. The first-order chi connectivity index (χ1) is 13.1. The molecule has 0 aliphatic carbocycles. The molecule has 1 amide bonds. The molecule has 27 heavy (non-hydrogen) atoms. The Morgan fingerprint density at radius 2 is 1.93 bits per heavy atom. The summed E-state index contributed by atoms with van der Waals surface area (Å²) in [6.07, 6.45) is 2.68. The van der Waals surface area contributed by atoms with Crippen molar-refractivity contribution in [2.45, 2.75) is 45.6 Å². The minimum atomic E-state index is -0.262. The summed E-state index contributed by atoms with van der Waals surface area (Å²) >= 11 is 0. The third kappa shape index (κ3) is 4.44. The van der Waals surface area contributed by atoms with Crippen LogP contribution < -0.4 is 4.74 Å². The Morgan fingerprint density at radius 1 is 1.15 bits per heavy atom. The molecule has 0 radical (unpaired) electrons. The Hall–Kier alpha value is -2.49. The van der Waals surface area contributed by atoms with Gasteiger partial charge in [0.2, 0.25) is 0 Å². The predicted molar refractivity (Wildman–Crippen MR) is 107 cm³/mol. The van der Waals surface area contributed by atoms with Crippen molar-refractivity contribution in [3.63, 3.8) is 0 Å². The van der Waals surface area contributed by atoms with E-state index < -0.39 is 0 Å². The van der Waals surface area contributed by atoms with Crippen molar-refractivity contribution in [3.05, 3.63) is 64.7 Å². The molecule has 0 fully saturated rings. The third-order valence-electron chi connectivity index (χ3n) is 5.19. The Bertz CT molecular complexity index is 787. The summed E-state index contributed by atoms with van der Waals surface area (Å²) in [4.78, 5) is 13.8. The molecule has 1 aliphatic rings. The summed E-state index contributed by atoms with van der Waals surface area (Å²) in [5, 5.41) is 0. The number of amides is 1. The van der Waals surface area contributed by atoms with E-state index in [1.807, 2.05) is 14.0 Å². The van der Waals surface area contributed by atoms with Gasteiger partial charge in [0.15, 0.2) is 0 Å². The normalized spacial score (nSPS) is 13.6. The van der Waals surface area contributed by atoms with Crippen LogP contribution in [0.1, 0.15) is 54.9 Å². The van der Waals surface area contributed by atoms with E-state index in [1.165, 1.54) is 22.3 Å². The highest BCUT2D eigenvalue weighted by Gasteiger charge is 2.24. The molecule has 1 aliphatic heterocycles. The Balaban J connectivity index is 1.92. The van der Waals surface area contributed by atoms with Crippen molar-refractivity contribution in [2.24, 2.45) is 0 Å². The van der Waals surface area contributed by atoms with E-state index in [1.54, 1.807) is 4.90 Å². The van der Waals surface area contributed by atoms with Gasteiger partial charge in [0.25, 0.3) is 0 Å². The van der Waals surface area contributed by atoms with E-state index >= 15 is 0 Å². The molecule has 4 nitrogen and oxygen atoms in total. The number of benzene rings is 2. The van der Waals surface area contributed by atoms with Gasteiger partial charge in [-0.25, -0.2) is 4.79 Å². The van der Waals surface area contributed by atoms with Crippen molar-refractivity contribution < 1.29 is 14.3 Å². The monoisotopic (exact) mass is 367 g/mol. The Labute approximate surface area is 162 Å². The number of nitrogens with zero attached hydrogens (tertiary/aromatic N) is 1. The van der Waals surface area contributed by atoms with Gasteiger partial charge in [0.05, 0.1) is 6.61 Å². The van der Waals surface area contributed by atoms with Gasteiger partial charge in [-0.05, 0) is 36.1 Å². The fourth-order valence-electron chi connectivity index (χ4n) is 3.84. The molecule has 1 heterocycles. The molecule has 0 spiro atoms. The number of hydrogen-bond acceptors (Lipinski definition) is 3. The SMILES string of the molecule is CCCC(CN(C)C(=O)OCC)c1cccc2c1Cc1ccccc1CO2. The number of carbonyl (C=O) groups excluding carboxylic acids is 1. The molecule has 3 rings (SSSR count). The zero-order valence-corrected chi connectivity index (χ0v) is 16.5.